The van der Waals surface area contributed by atoms with E-state index >= 15 is 0 Å². The molecular weight excluding hydrogens is 292 g/mol. The molecule has 2 aromatic heterocycles. The van der Waals surface area contributed by atoms with Crippen molar-refractivity contribution in [3.05, 3.63) is 17.6 Å². The Bertz CT molecular complexity index is 729. The molecule has 7 heteroatoms. The molecule has 0 saturated carbocycles. The number of hydrogen-bond donors (Lipinski definition) is 1. The lowest BCUT2D eigenvalue weighted by Crippen LogP contribution is -2.48. The number of hydrogen-bond acceptors (Lipinski definition) is 5. The molecule has 0 aliphatic carbocycles. The first-order valence-electron chi connectivity index (χ1n) is 8.17. The van der Waals surface area contributed by atoms with Crippen molar-refractivity contribution >= 4 is 17.2 Å². The minimum absolute atomic E-state index is 0.162. The maximum atomic E-state index is 12.3. The van der Waals surface area contributed by atoms with Gasteiger partial charge < -0.3 is 10.2 Å². The van der Waals surface area contributed by atoms with E-state index in [0.29, 0.717) is 0 Å². The molecule has 0 spiro atoms. The molecule has 0 bridgehead atoms. The van der Waals surface area contributed by atoms with Crippen molar-refractivity contribution in [2.45, 2.75) is 40.0 Å². The van der Waals surface area contributed by atoms with E-state index in [0.717, 1.165) is 54.9 Å². The smallest absolute Gasteiger partial charge is 0.226 e. The second kappa shape index (κ2) is 5.79. The van der Waals surface area contributed by atoms with Crippen LogP contribution in [0.15, 0.2) is 6.33 Å². The van der Waals surface area contributed by atoms with Gasteiger partial charge in [0.1, 0.15) is 6.33 Å². The zero-order chi connectivity index (χ0) is 16.6. The van der Waals surface area contributed by atoms with Gasteiger partial charge in [0.2, 0.25) is 11.6 Å². The largest absolute Gasteiger partial charge is 0.368 e. The van der Waals surface area contributed by atoms with Crippen LogP contribution < -0.4 is 10.2 Å². The number of piperidine rings is 1. The molecule has 1 fully saturated rings. The number of nitrogens with zero attached hydrogens (tertiary/aromatic N) is 5. The Labute approximate surface area is 136 Å². The van der Waals surface area contributed by atoms with Crippen molar-refractivity contribution in [1.82, 2.24) is 25.1 Å². The molecule has 1 aliphatic rings. The monoisotopic (exact) mass is 316 g/mol. The van der Waals surface area contributed by atoms with Crippen LogP contribution in [0.1, 0.15) is 37.4 Å². The predicted molar refractivity (Wildman–Crippen MR) is 88.5 cm³/mol. The van der Waals surface area contributed by atoms with Crippen molar-refractivity contribution in [2.75, 3.05) is 25.0 Å². The summed E-state index contributed by atoms with van der Waals surface area (Å²) < 4.78 is 1.73. The minimum Gasteiger partial charge on any atom is -0.368 e. The third-order valence-corrected chi connectivity index (χ3v) is 5.32. The van der Waals surface area contributed by atoms with Gasteiger partial charge in [0, 0.05) is 20.1 Å². The summed E-state index contributed by atoms with van der Waals surface area (Å²) >= 11 is 0. The van der Waals surface area contributed by atoms with Gasteiger partial charge in [-0.2, -0.15) is 9.61 Å². The van der Waals surface area contributed by atoms with Gasteiger partial charge in [0.05, 0.1) is 16.8 Å². The molecular formula is C16H24N6O. The molecule has 0 unspecified atom stereocenters. The first-order valence-corrected chi connectivity index (χ1v) is 8.17. The van der Waals surface area contributed by atoms with Crippen LogP contribution >= 0.6 is 0 Å². The molecule has 2 aromatic rings. The van der Waals surface area contributed by atoms with Gasteiger partial charge in [-0.05, 0) is 38.7 Å². The lowest BCUT2D eigenvalue weighted by atomic mass is 9.75. The number of fused-ring (bicyclic) bond motifs is 1. The number of nitrogens with one attached hydrogen (secondary N) is 1. The molecule has 124 valence electrons. The molecule has 0 radical (unpaired) electrons. The summed E-state index contributed by atoms with van der Waals surface area (Å²) in [4.78, 5) is 14.6. The quantitative estimate of drug-likeness (QED) is 0.928. The maximum absolute atomic E-state index is 12.3. The fraction of sp³-hybridized carbons (Fsp3) is 0.625. The van der Waals surface area contributed by atoms with Crippen LogP contribution in [0.5, 0.6) is 0 Å². The fourth-order valence-electron chi connectivity index (χ4n) is 3.58. The van der Waals surface area contributed by atoms with Crippen molar-refractivity contribution in [2.24, 2.45) is 5.41 Å². The molecule has 1 saturated heterocycles. The third kappa shape index (κ3) is 2.44. The van der Waals surface area contributed by atoms with Gasteiger partial charge in [-0.25, -0.2) is 0 Å². The number of carbonyl (C=O) groups excluding carboxylic acids is 1. The second-order valence-electron chi connectivity index (χ2n) is 6.36. The van der Waals surface area contributed by atoms with E-state index in [-0.39, 0.29) is 11.3 Å². The van der Waals surface area contributed by atoms with Crippen LogP contribution in [0.25, 0.3) is 5.65 Å². The molecule has 1 N–H and O–H groups in total. The summed E-state index contributed by atoms with van der Waals surface area (Å²) in [7, 11) is 1.72. The Morgan fingerprint density at radius 2 is 2.04 bits per heavy atom. The van der Waals surface area contributed by atoms with E-state index in [1.165, 1.54) is 0 Å². The molecule has 7 nitrogen and oxygen atoms in total. The Kier molecular flexibility index (Phi) is 3.95. The highest BCUT2D eigenvalue weighted by Gasteiger charge is 2.39. The summed E-state index contributed by atoms with van der Waals surface area (Å²) in [5.74, 6) is 0.162. The van der Waals surface area contributed by atoms with E-state index in [1.54, 1.807) is 17.9 Å². The standard InChI is InChI=1S/C16H24N6O/c1-5-16(15(23)17-4)6-8-21(9-7-16)13-11(2)12(3)20-22-10-18-19-14(13)22/h10H,5-9H2,1-4H3,(H,17,23). The molecule has 1 aliphatic heterocycles. The summed E-state index contributed by atoms with van der Waals surface area (Å²) in [5.41, 5.74) is 3.75. The molecule has 0 aromatic carbocycles. The van der Waals surface area contributed by atoms with Crippen molar-refractivity contribution in [1.29, 1.82) is 0 Å². The summed E-state index contributed by atoms with van der Waals surface area (Å²) in [5, 5.41) is 15.5. The van der Waals surface area contributed by atoms with Crippen LogP contribution in [0, 0.1) is 19.3 Å². The van der Waals surface area contributed by atoms with Crippen molar-refractivity contribution < 1.29 is 4.79 Å². The van der Waals surface area contributed by atoms with Crippen molar-refractivity contribution in [3.8, 4) is 0 Å². The summed E-state index contributed by atoms with van der Waals surface area (Å²) in [6, 6.07) is 0. The predicted octanol–water partition coefficient (Wildman–Crippen LogP) is 1.48. The first-order chi connectivity index (χ1) is 11.0. The first kappa shape index (κ1) is 15.7. The Balaban J connectivity index is 1.93. The van der Waals surface area contributed by atoms with Crippen LogP contribution in [0.2, 0.25) is 0 Å². The average molecular weight is 316 g/mol. The van der Waals surface area contributed by atoms with E-state index in [2.05, 4.69) is 39.4 Å². The number of anilines is 1. The van der Waals surface area contributed by atoms with Crippen LogP contribution in [0.3, 0.4) is 0 Å². The summed E-state index contributed by atoms with van der Waals surface area (Å²) in [6.45, 7) is 7.86. The van der Waals surface area contributed by atoms with Crippen LogP contribution in [-0.2, 0) is 4.79 Å². The van der Waals surface area contributed by atoms with Gasteiger partial charge in [-0.15, -0.1) is 10.2 Å². The molecule has 3 rings (SSSR count). The Morgan fingerprint density at radius 3 is 2.65 bits per heavy atom. The number of aryl methyl sites for hydroxylation is 1. The van der Waals surface area contributed by atoms with Crippen LogP contribution in [-0.4, -0.2) is 45.9 Å². The molecule has 3 heterocycles. The lowest BCUT2D eigenvalue weighted by Gasteiger charge is -2.41. The normalized spacial score (nSPS) is 17.5. The maximum Gasteiger partial charge on any atom is 0.226 e. The van der Waals surface area contributed by atoms with Gasteiger partial charge in [0.15, 0.2) is 0 Å². The Morgan fingerprint density at radius 1 is 1.35 bits per heavy atom. The van der Waals surface area contributed by atoms with E-state index in [9.17, 15) is 4.79 Å². The SMILES string of the molecule is CCC1(C(=O)NC)CCN(c2c(C)c(C)nn3cnnc23)CC1. The van der Waals surface area contributed by atoms with Gasteiger partial charge in [-0.3, -0.25) is 4.79 Å². The summed E-state index contributed by atoms with van der Waals surface area (Å²) in [6.07, 6.45) is 4.21. The lowest BCUT2D eigenvalue weighted by molar-refractivity contribution is -0.132. The zero-order valence-electron chi connectivity index (χ0n) is 14.3. The average Bonchev–Trinajstić information content (AvgIpc) is 3.03. The van der Waals surface area contributed by atoms with E-state index < -0.39 is 0 Å². The number of aromatic nitrogens is 4. The van der Waals surface area contributed by atoms with Gasteiger partial charge >= 0.3 is 0 Å². The molecule has 0 atom stereocenters. The van der Waals surface area contributed by atoms with Crippen LogP contribution in [0.4, 0.5) is 5.69 Å². The van der Waals surface area contributed by atoms with E-state index in [1.807, 2.05) is 6.92 Å². The van der Waals surface area contributed by atoms with Crippen molar-refractivity contribution in [3.63, 3.8) is 0 Å². The highest BCUT2D eigenvalue weighted by Crippen LogP contribution is 2.38. The highest BCUT2D eigenvalue weighted by molar-refractivity contribution is 5.83. The topological polar surface area (TPSA) is 75.4 Å². The zero-order valence-corrected chi connectivity index (χ0v) is 14.3. The van der Waals surface area contributed by atoms with Gasteiger partial charge in [0.25, 0.3) is 0 Å². The molecule has 1 amide bonds. The second-order valence-corrected chi connectivity index (χ2v) is 6.36. The minimum atomic E-state index is -0.245. The Hall–Kier alpha value is -2.18. The third-order valence-electron chi connectivity index (χ3n) is 5.32. The number of amides is 1. The number of rotatable bonds is 3. The van der Waals surface area contributed by atoms with Gasteiger partial charge in [-0.1, -0.05) is 6.92 Å². The molecule has 23 heavy (non-hydrogen) atoms. The highest BCUT2D eigenvalue weighted by atomic mass is 16.2. The fourth-order valence-corrected chi connectivity index (χ4v) is 3.58. The van der Waals surface area contributed by atoms with E-state index in [4.69, 9.17) is 0 Å². The number of carbonyl (C=O) groups is 1.